The molecule has 2 heterocycles. The van der Waals surface area contributed by atoms with Crippen molar-refractivity contribution in [1.82, 2.24) is 13.9 Å². The van der Waals surface area contributed by atoms with Crippen molar-refractivity contribution < 1.29 is 23.1 Å². The summed E-state index contributed by atoms with van der Waals surface area (Å²) < 4.78 is 28.3. The van der Waals surface area contributed by atoms with Crippen LogP contribution in [0.25, 0.3) is 0 Å². The van der Waals surface area contributed by atoms with E-state index in [0.717, 1.165) is 17.1 Å². The van der Waals surface area contributed by atoms with Gasteiger partial charge >= 0.3 is 16.2 Å². The number of hydrogen-bond donors (Lipinski definition) is 2. The second kappa shape index (κ2) is 6.02. The average molecular weight is 354 g/mol. The van der Waals surface area contributed by atoms with Gasteiger partial charge in [0.05, 0.1) is 11.4 Å². The van der Waals surface area contributed by atoms with Gasteiger partial charge in [-0.25, -0.2) is 14.1 Å². The molecule has 1 amide bonds. The summed E-state index contributed by atoms with van der Waals surface area (Å²) in [5, 5.41) is 11.6. The zero-order chi connectivity index (χ0) is 17.5. The Morgan fingerprint density at radius 1 is 1.33 bits per heavy atom. The molecule has 2 aliphatic heterocycles. The van der Waals surface area contributed by atoms with E-state index >= 15 is 0 Å². The summed E-state index contributed by atoms with van der Waals surface area (Å²) in [4.78, 5) is 26.8. The molecule has 3 aliphatic rings. The van der Waals surface area contributed by atoms with Crippen molar-refractivity contribution in [2.75, 3.05) is 13.1 Å². The molecule has 9 nitrogen and oxygen atoms in total. The molecule has 1 fully saturated rings. The lowest BCUT2D eigenvalue weighted by atomic mass is 10.0. The number of rotatable bonds is 4. The number of aliphatic carboxylic acids is 1. The highest BCUT2D eigenvalue weighted by Gasteiger charge is 2.43. The largest absolute Gasteiger partial charge is 0.478 e. The van der Waals surface area contributed by atoms with Crippen LogP contribution in [-0.4, -0.2) is 59.1 Å². The van der Waals surface area contributed by atoms with Crippen LogP contribution in [0.4, 0.5) is 0 Å². The molecular formula is C14H18N4O5S. The minimum Gasteiger partial charge on any atom is -0.478 e. The van der Waals surface area contributed by atoms with Crippen LogP contribution < -0.4 is 5.32 Å². The van der Waals surface area contributed by atoms with Gasteiger partial charge < -0.3 is 10.4 Å². The summed E-state index contributed by atoms with van der Waals surface area (Å²) in [6.07, 6.45) is 3.45. The van der Waals surface area contributed by atoms with Gasteiger partial charge in [0.15, 0.2) is 0 Å². The topological polar surface area (TPSA) is 119 Å². The van der Waals surface area contributed by atoms with Crippen molar-refractivity contribution in [3.63, 3.8) is 0 Å². The van der Waals surface area contributed by atoms with Gasteiger partial charge in [0.1, 0.15) is 0 Å². The standard InChI is InChI=1S/C14H18N4O5S/c1-9(19)15-14-16-11-8-10(13(20)21)4-5-12(11)18(14)24(22,23)17-6-2-3-7-17/h5,8,14H,2-4,6-7H2,1H3,(H,15,19)(H,20,21). The van der Waals surface area contributed by atoms with E-state index in [2.05, 4.69) is 10.3 Å². The lowest BCUT2D eigenvalue weighted by Gasteiger charge is -2.30. The third-order valence-electron chi connectivity index (χ3n) is 4.06. The number of allylic oxidation sites excluding steroid dienone is 2. The Bertz CT molecular complexity index is 777. The average Bonchev–Trinajstić information content (AvgIpc) is 3.13. The molecule has 0 aromatic carbocycles. The fourth-order valence-electron chi connectivity index (χ4n) is 2.95. The van der Waals surface area contributed by atoms with Gasteiger partial charge in [0, 0.05) is 25.6 Å². The van der Waals surface area contributed by atoms with E-state index in [-0.39, 0.29) is 17.7 Å². The minimum absolute atomic E-state index is 0.0997. The molecule has 0 radical (unpaired) electrons. The van der Waals surface area contributed by atoms with Gasteiger partial charge in [0.25, 0.3) is 0 Å². The van der Waals surface area contributed by atoms with Crippen LogP contribution in [0.2, 0.25) is 0 Å². The van der Waals surface area contributed by atoms with Gasteiger partial charge in [0.2, 0.25) is 12.2 Å². The molecule has 10 heteroatoms. The molecule has 1 aliphatic carbocycles. The van der Waals surface area contributed by atoms with Gasteiger partial charge in [-0.3, -0.25) is 4.79 Å². The van der Waals surface area contributed by atoms with Gasteiger partial charge in [-0.2, -0.15) is 12.7 Å². The Kier molecular flexibility index (Phi) is 4.18. The van der Waals surface area contributed by atoms with Crippen LogP contribution in [0.3, 0.4) is 0 Å². The molecule has 2 N–H and O–H groups in total. The van der Waals surface area contributed by atoms with E-state index in [0.29, 0.717) is 18.8 Å². The fourth-order valence-corrected chi connectivity index (χ4v) is 4.68. The first-order valence-electron chi connectivity index (χ1n) is 7.59. The molecule has 0 saturated carbocycles. The number of hydrogen-bond acceptors (Lipinski definition) is 5. The van der Waals surface area contributed by atoms with E-state index in [4.69, 9.17) is 5.11 Å². The van der Waals surface area contributed by atoms with Crippen molar-refractivity contribution in [2.45, 2.75) is 32.5 Å². The molecule has 130 valence electrons. The lowest BCUT2D eigenvalue weighted by Crippen LogP contribution is -2.50. The van der Waals surface area contributed by atoms with Crippen molar-refractivity contribution in [3.8, 4) is 0 Å². The zero-order valence-electron chi connectivity index (χ0n) is 13.1. The number of nitrogens with zero attached hydrogens (tertiary/aromatic N) is 3. The molecule has 1 atom stereocenters. The summed E-state index contributed by atoms with van der Waals surface area (Å²) in [6, 6.07) is 0. The molecule has 0 spiro atoms. The highest BCUT2D eigenvalue weighted by atomic mass is 32.2. The predicted molar refractivity (Wildman–Crippen MR) is 85.0 cm³/mol. The minimum atomic E-state index is -3.85. The van der Waals surface area contributed by atoms with Crippen LogP contribution in [-0.2, 0) is 19.8 Å². The number of aliphatic imine (C=N–C) groups is 1. The third-order valence-corrected chi connectivity index (χ3v) is 5.97. The van der Waals surface area contributed by atoms with Crippen LogP contribution in [0.1, 0.15) is 26.2 Å². The van der Waals surface area contributed by atoms with Crippen molar-refractivity contribution in [3.05, 3.63) is 23.4 Å². The summed E-state index contributed by atoms with van der Waals surface area (Å²) in [5.41, 5.74) is 0.685. The summed E-state index contributed by atoms with van der Waals surface area (Å²) >= 11 is 0. The van der Waals surface area contributed by atoms with E-state index in [1.807, 2.05) is 0 Å². The van der Waals surface area contributed by atoms with Gasteiger partial charge in [-0.05, 0) is 25.3 Å². The number of amides is 1. The maximum atomic E-state index is 12.9. The summed E-state index contributed by atoms with van der Waals surface area (Å²) in [7, 11) is -3.85. The highest BCUT2D eigenvalue weighted by Crippen LogP contribution is 2.31. The van der Waals surface area contributed by atoms with Crippen LogP contribution in [0.15, 0.2) is 28.4 Å². The van der Waals surface area contributed by atoms with Gasteiger partial charge in [-0.15, -0.1) is 0 Å². The number of nitrogens with one attached hydrogen (secondary N) is 1. The predicted octanol–water partition coefficient (Wildman–Crippen LogP) is -0.198. The summed E-state index contributed by atoms with van der Waals surface area (Å²) in [5.74, 6) is -1.50. The van der Waals surface area contributed by atoms with Crippen LogP contribution >= 0.6 is 0 Å². The van der Waals surface area contributed by atoms with Gasteiger partial charge in [-0.1, -0.05) is 6.08 Å². The Hall–Kier alpha value is -2.20. The van der Waals surface area contributed by atoms with Crippen molar-refractivity contribution in [2.24, 2.45) is 4.99 Å². The molecule has 0 aromatic rings. The van der Waals surface area contributed by atoms with Crippen LogP contribution in [0.5, 0.6) is 0 Å². The Morgan fingerprint density at radius 2 is 2.00 bits per heavy atom. The zero-order valence-corrected chi connectivity index (χ0v) is 13.9. The Morgan fingerprint density at radius 3 is 2.58 bits per heavy atom. The quantitative estimate of drug-likeness (QED) is 0.725. The number of carbonyl (C=O) groups is 2. The van der Waals surface area contributed by atoms with E-state index < -0.39 is 28.4 Å². The first-order valence-corrected chi connectivity index (χ1v) is 8.99. The van der Waals surface area contributed by atoms with E-state index in [1.54, 1.807) is 0 Å². The third kappa shape index (κ3) is 2.82. The number of carboxylic acids is 1. The smallest absolute Gasteiger partial charge is 0.331 e. The molecule has 0 bridgehead atoms. The van der Waals surface area contributed by atoms with E-state index in [9.17, 15) is 18.0 Å². The maximum absolute atomic E-state index is 12.9. The Balaban J connectivity index is 1.99. The van der Waals surface area contributed by atoms with Crippen molar-refractivity contribution in [1.29, 1.82) is 0 Å². The van der Waals surface area contributed by atoms with Crippen molar-refractivity contribution >= 4 is 27.8 Å². The highest BCUT2D eigenvalue weighted by molar-refractivity contribution is 7.87. The SMILES string of the molecule is CC(=O)NC1N=C2C=C(C(=O)O)CC=C2N1S(=O)(=O)N1CCCC1. The van der Waals surface area contributed by atoms with E-state index in [1.165, 1.54) is 23.4 Å². The first-order chi connectivity index (χ1) is 11.3. The molecule has 3 rings (SSSR count). The normalized spacial score (nSPS) is 24.1. The molecule has 1 saturated heterocycles. The fraction of sp³-hybridized carbons (Fsp3) is 0.500. The number of carboxylic acid groups (broad SMARTS) is 1. The molecular weight excluding hydrogens is 336 g/mol. The molecule has 0 aromatic heterocycles. The monoisotopic (exact) mass is 354 g/mol. The summed E-state index contributed by atoms with van der Waals surface area (Å²) in [6.45, 7) is 2.12. The number of carbonyl (C=O) groups excluding carboxylic acids is 1. The lowest BCUT2D eigenvalue weighted by molar-refractivity contribution is -0.132. The Labute approximate surface area is 139 Å². The second-order valence-corrected chi connectivity index (χ2v) is 7.57. The number of fused-ring (bicyclic) bond motifs is 1. The maximum Gasteiger partial charge on any atom is 0.331 e. The van der Waals surface area contributed by atoms with Crippen LogP contribution in [0, 0.1) is 0 Å². The molecule has 24 heavy (non-hydrogen) atoms. The second-order valence-electron chi connectivity index (χ2n) is 5.77. The molecule has 1 unspecified atom stereocenters. The first kappa shape index (κ1) is 16.7.